The highest BCUT2D eigenvalue weighted by atomic mass is 16.5. The van der Waals surface area contributed by atoms with Gasteiger partial charge in [0.15, 0.2) is 0 Å². The molecule has 1 aromatic carbocycles. The summed E-state index contributed by atoms with van der Waals surface area (Å²) in [6.07, 6.45) is 2.28. The summed E-state index contributed by atoms with van der Waals surface area (Å²) in [6, 6.07) is 15.3. The molecule has 0 aliphatic carbocycles. The second-order valence-corrected chi connectivity index (χ2v) is 4.01. The largest absolute Gasteiger partial charge is 0.469 e. The molecule has 0 aliphatic heterocycles. The normalized spacial score (nSPS) is 11.8. The quantitative estimate of drug-likeness (QED) is 0.772. The Morgan fingerprint density at radius 1 is 1.17 bits per heavy atom. The van der Waals surface area contributed by atoms with Gasteiger partial charge < -0.3 is 4.74 Å². The Kier molecular flexibility index (Phi) is 4.07. The third-order valence-electron chi connectivity index (χ3n) is 2.83. The van der Waals surface area contributed by atoms with Gasteiger partial charge in [-0.2, -0.15) is 0 Å². The number of rotatable bonds is 4. The van der Waals surface area contributed by atoms with Crippen molar-refractivity contribution in [2.24, 2.45) is 0 Å². The highest BCUT2D eigenvalue weighted by Gasteiger charge is 2.21. The zero-order valence-corrected chi connectivity index (χ0v) is 10.2. The van der Waals surface area contributed by atoms with Gasteiger partial charge in [0.05, 0.1) is 13.0 Å². The molecule has 0 N–H and O–H groups in total. The van der Waals surface area contributed by atoms with Crippen molar-refractivity contribution >= 4 is 5.97 Å². The molecule has 0 aliphatic rings. The van der Waals surface area contributed by atoms with Gasteiger partial charge in [-0.05, 0) is 17.7 Å². The van der Waals surface area contributed by atoms with Gasteiger partial charge in [0.25, 0.3) is 0 Å². The van der Waals surface area contributed by atoms with E-state index in [9.17, 15) is 4.79 Å². The van der Waals surface area contributed by atoms with E-state index < -0.39 is 0 Å². The van der Waals surface area contributed by atoms with Crippen LogP contribution in [0.3, 0.4) is 0 Å². The molecule has 1 atom stereocenters. The zero-order valence-electron chi connectivity index (χ0n) is 10.2. The molecule has 0 radical (unpaired) electrons. The third-order valence-corrected chi connectivity index (χ3v) is 2.83. The maximum atomic E-state index is 11.9. The van der Waals surface area contributed by atoms with E-state index in [-0.39, 0.29) is 11.9 Å². The van der Waals surface area contributed by atoms with E-state index in [1.807, 2.05) is 48.5 Å². The van der Waals surface area contributed by atoms with Crippen molar-refractivity contribution < 1.29 is 9.53 Å². The molecule has 0 amide bonds. The number of ether oxygens (including phenoxy) is 1. The molecule has 18 heavy (non-hydrogen) atoms. The van der Waals surface area contributed by atoms with Crippen LogP contribution in [-0.2, 0) is 16.0 Å². The Morgan fingerprint density at radius 2 is 1.89 bits per heavy atom. The number of benzene rings is 1. The number of esters is 1. The average Bonchev–Trinajstić information content (AvgIpc) is 2.46. The van der Waals surface area contributed by atoms with Crippen molar-refractivity contribution in [3.05, 3.63) is 66.0 Å². The summed E-state index contributed by atoms with van der Waals surface area (Å²) < 4.78 is 4.87. The van der Waals surface area contributed by atoms with Gasteiger partial charge >= 0.3 is 5.97 Å². The van der Waals surface area contributed by atoms with Crippen LogP contribution in [0.2, 0.25) is 0 Å². The SMILES string of the molecule is COC(=O)C(Cc1ccccn1)c1ccccc1. The van der Waals surface area contributed by atoms with Gasteiger partial charge in [-0.3, -0.25) is 9.78 Å². The summed E-state index contributed by atoms with van der Waals surface area (Å²) in [7, 11) is 1.41. The summed E-state index contributed by atoms with van der Waals surface area (Å²) in [6.45, 7) is 0. The lowest BCUT2D eigenvalue weighted by atomic mass is 9.94. The molecule has 1 aromatic heterocycles. The number of hydrogen-bond donors (Lipinski definition) is 0. The smallest absolute Gasteiger partial charge is 0.313 e. The second kappa shape index (κ2) is 5.96. The van der Waals surface area contributed by atoms with E-state index in [4.69, 9.17) is 4.74 Å². The van der Waals surface area contributed by atoms with Gasteiger partial charge in [0.1, 0.15) is 0 Å². The molecule has 2 aromatic rings. The molecule has 3 heteroatoms. The van der Waals surface area contributed by atoms with Crippen LogP contribution < -0.4 is 0 Å². The van der Waals surface area contributed by atoms with Crippen molar-refractivity contribution in [1.82, 2.24) is 4.98 Å². The molecule has 0 saturated heterocycles. The van der Waals surface area contributed by atoms with Gasteiger partial charge in [-0.1, -0.05) is 36.4 Å². The number of carbonyl (C=O) groups excluding carboxylic acids is 1. The first kappa shape index (κ1) is 12.3. The number of methoxy groups -OCH3 is 1. The third kappa shape index (κ3) is 2.94. The van der Waals surface area contributed by atoms with E-state index in [1.165, 1.54) is 7.11 Å². The van der Waals surface area contributed by atoms with Crippen molar-refractivity contribution in [3.63, 3.8) is 0 Å². The Labute approximate surface area is 106 Å². The number of hydrogen-bond acceptors (Lipinski definition) is 3. The number of aromatic nitrogens is 1. The molecule has 0 fully saturated rings. The highest BCUT2D eigenvalue weighted by molar-refractivity contribution is 5.78. The summed E-state index contributed by atoms with van der Waals surface area (Å²) in [5, 5.41) is 0. The van der Waals surface area contributed by atoms with Gasteiger partial charge in [-0.25, -0.2) is 0 Å². The number of carbonyl (C=O) groups is 1. The molecule has 0 saturated carbocycles. The molecule has 1 heterocycles. The predicted molar refractivity (Wildman–Crippen MR) is 69.1 cm³/mol. The number of nitrogens with zero attached hydrogens (tertiary/aromatic N) is 1. The lowest BCUT2D eigenvalue weighted by Gasteiger charge is -2.14. The molecule has 1 unspecified atom stereocenters. The summed E-state index contributed by atoms with van der Waals surface area (Å²) in [5.74, 6) is -0.530. The van der Waals surface area contributed by atoms with Crippen LogP contribution in [0, 0.1) is 0 Å². The fraction of sp³-hybridized carbons (Fsp3) is 0.200. The molecule has 2 rings (SSSR count). The lowest BCUT2D eigenvalue weighted by Crippen LogP contribution is -2.17. The summed E-state index contributed by atoms with van der Waals surface area (Å²) in [5.41, 5.74) is 1.84. The Bertz CT molecular complexity index is 496. The van der Waals surface area contributed by atoms with Crippen LogP contribution in [0.1, 0.15) is 17.2 Å². The van der Waals surface area contributed by atoms with Crippen LogP contribution in [-0.4, -0.2) is 18.1 Å². The van der Waals surface area contributed by atoms with E-state index in [2.05, 4.69) is 4.98 Å². The summed E-state index contributed by atoms with van der Waals surface area (Å²) in [4.78, 5) is 16.1. The molecular formula is C15H15NO2. The van der Waals surface area contributed by atoms with E-state index >= 15 is 0 Å². The van der Waals surface area contributed by atoms with Crippen LogP contribution in [0.4, 0.5) is 0 Å². The molecule has 92 valence electrons. The molecule has 0 spiro atoms. The molecular weight excluding hydrogens is 226 g/mol. The predicted octanol–water partition coefficient (Wildman–Crippen LogP) is 2.58. The maximum absolute atomic E-state index is 11.9. The Hall–Kier alpha value is -2.16. The Morgan fingerprint density at radius 3 is 2.50 bits per heavy atom. The second-order valence-electron chi connectivity index (χ2n) is 4.01. The van der Waals surface area contributed by atoms with Crippen LogP contribution in [0.25, 0.3) is 0 Å². The van der Waals surface area contributed by atoms with Crippen LogP contribution in [0.15, 0.2) is 54.7 Å². The topological polar surface area (TPSA) is 39.2 Å². The minimum Gasteiger partial charge on any atom is -0.469 e. The first-order valence-corrected chi connectivity index (χ1v) is 5.84. The highest BCUT2D eigenvalue weighted by Crippen LogP contribution is 2.21. The van der Waals surface area contributed by atoms with Gasteiger partial charge in [0.2, 0.25) is 0 Å². The Balaban J connectivity index is 2.24. The number of pyridine rings is 1. The van der Waals surface area contributed by atoms with Crippen molar-refractivity contribution in [2.45, 2.75) is 12.3 Å². The standard InChI is InChI=1S/C15H15NO2/c1-18-15(17)14(12-7-3-2-4-8-12)11-13-9-5-6-10-16-13/h2-10,14H,11H2,1H3. The van der Waals surface area contributed by atoms with E-state index in [0.717, 1.165) is 11.3 Å². The fourth-order valence-corrected chi connectivity index (χ4v) is 1.89. The zero-order chi connectivity index (χ0) is 12.8. The van der Waals surface area contributed by atoms with Gasteiger partial charge in [-0.15, -0.1) is 0 Å². The fourth-order valence-electron chi connectivity index (χ4n) is 1.89. The lowest BCUT2D eigenvalue weighted by molar-refractivity contribution is -0.142. The monoisotopic (exact) mass is 241 g/mol. The maximum Gasteiger partial charge on any atom is 0.313 e. The van der Waals surface area contributed by atoms with Gasteiger partial charge in [0, 0.05) is 18.3 Å². The average molecular weight is 241 g/mol. The van der Waals surface area contributed by atoms with Crippen molar-refractivity contribution in [1.29, 1.82) is 0 Å². The minimum absolute atomic E-state index is 0.230. The van der Waals surface area contributed by atoms with E-state index in [1.54, 1.807) is 6.20 Å². The van der Waals surface area contributed by atoms with E-state index in [0.29, 0.717) is 6.42 Å². The van der Waals surface area contributed by atoms with Crippen molar-refractivity contribution in [3.8, 4) is 0 Å². The first-order chi connectivity index (χ1) is 8.81. The minimum atomic E-state index is -0.300. The van der Waals surface area contributed by atoms with Crippen LogP contribution >= 0.6 is 0 Å². The summed E-state index contributed by atoms with van der Waals surface area (Å²) >= 11 is 0. The van der Waals surface area contributed by atoms with Crippen LogP contribution in [0.5, 0.6) is 0 Å². The molecule has 0 bridgehead atoms. The molecule has 3 nitrogen and oxygen atoms in total. The van der Waals surface area contributed by atoms with Crippen molar-refractivity contribution in [2.75, 3.05) is 7.11 Å². The first-order valence-electron chi connectivity index (χ1n) is 5.84.